The van der Waals surface area contributed by atoms with Crippen LogP contribution in [0.5, 0.6) is 0 Å². The number of halogens is 2. The molecule has 2 aromatic rings. The molecule has 0 saturated heterocycles. The zero-order valence-electron chi connectivity index (χ0n) is 12.3. The number of nitrogens with zero attached hydrogens (tertiary/aromatic N) is 1. The molecule has 0 aliphatic carbocycles. The van der Waals surface area contributed by atoms with Crippen molar-refractivity contribution in [3.63, 3.8) is 0 Å². The van der Waals surface area contributed by atoms with Crippen LogP contribution in [-0.4, -0.2) is 25.5 Å². The van der Waals surface area contributed by atoms with E-state index in [0.717, 1.165) is 29.7 Å². The summed E-state index contributed by atoms with van der Waals surface area (Å²) in [7, 11) is 4.03. The third-order valence-corrected chi connectivity index (χ3v) is 3.24. The summed E-state index contributed by atoms with van der Waals surface area (Å²) in [6.45, 7) is 0.923. The summed E-state index contributed by atoms with van der Waals surface area (Å²) in [6, 6.07) is 12.8. The molecule has 3 heteroatoms. The molecule has 21 heavy (non-hydrogen) atoms. The second kappa shape index (κ2) is 7.14. The molecule has 0 amide bonds. The van der Waals surface area contributed by atoms with Gasteiger partial charge < -0.3 is 4.90 Å². The number of hydrogen-bond donors (Lipinski definition) is 0. The first-order valence-electron chi connectivity index (χ1n) is 6.93. The van der Waals surface area contributed by atoms with E-state index in [0.29, 0.717) is 0 Å². The standard InChI is InChI=1S/C18H19F2N/c1-21(2)13-3-4-18(14-5-9-16(19)10-6-14)15-7-11-17(20)12-8-15/h4-12H,3,13H2,1-2H3. The Morgan fingerprint density at radius 1 is 0.857 bits per heavy atom. The van der Waals surface area contributed by atoms with Crippen molar-refractivity contribution < 1.29 is 8.78 Å². The van der Waals surface area contributed by atoms with Crippen LogP contribution < -0.4 is 0 Å². The lowest BCUT2D eigenvalue weighted by Crippen LogP contribution is -2.12. The van der Waals surface area contributed by atoms with Crippen LogP contribution in [0.2, 0.25) is 0 Å². The van der Waals surface area contributed by atoms with Crippen LogP contribution in [0.25, 0.3) is 5.57 Å². The van der Waals surface area contributed by atoms with Gasteiger partial charge in [0.2, 0.25) is 0 Å². The zero-order valence-corrected chi connectivity index (χ0v) is 12.3. The lowest BCUT2D eigenvalue weighted by atomic mass is 9.97. The maximum absolute atomic E-state index is 13.1. The molecule has 0 fully saturated rings. The summed E-state index contributed by atoms with van der Waals surface area (Å²) in [5.74, 6) is -0.518. The second-order valence-electron chi connectivity index (χ2n) is 5.22. The maximum Gasteiger partial charge on any atom is 0.123 e. The average Bonchev–Trinajstić information content (AvgIpc) is 2.46. The van der Waals surface area contributed by atoms with Gasteiger partial charge in [0, 0.05) is 6.54 Å². The Labute approximate surface area is 124 Å². The highest BCUT2D eigenvalue weighted by molar-refractivity contribution is 5.79. The van der Waals surface area contributed by atoms with Gasteiger partial charge in [-0.25, -0.2) is 8.78 Å². The molecule has 110 valence electrons. The predicted octanol–water partition coefficient (Wildman–Crippen LogP) is 4.35. The SMILES string of the molecule is CN(C)CCC=C(c1ccc(F)cc1)c1ccc(F)cc1. The Balaban J connectivity index is 2.34. The fourth-order valence-electron chi connectivity index (χ4n) is 2.13. The minimum absolute atomic E-state index is 0.259. The van der Waals surface area contributed by atoms with Crippen molar-refractivity contribution in [1.29, 1.82) is 0 Å². The quantitative estimate of drug-likeness (QED) is 0.790. The normalized spacial score (nSPS) is 10.7. The highest BCUT2D eigenvalue weighted by Gasteiger charge is 2.06. The van der Waals surface area contributed by atoms with Crippen LogP contribution in [0.1, 0.15) is 17.5 Å². The molecule has 0 heterocycles. The van der Waals surface area contributed by atoms with Gasteiger partial charge in [0.05, 0.1) is 0 Å². The molecular formula is C18H19F2N. The summed E-state index contributed by atoms with van der Waals surface area (Å²) in [5.41, 5.74) is 2.86. The molecule has 0 bridgehead atoms. The Morgan fingerprint density at radius 2 is 1.29 bits per heavy atom. The Kier molecular flexibility index (Phi) is 5.23. The van der Waals surface area contributed by atoms with Crippen LogP contribution in [0, 0.1) is 11.6 Å². The van der Waals surface area contributed by atoms with Crippen LogP contribution in [0.15, 0.2) is 54.6 Å². The van der Waals surface area contributed by atoms with E-state index in [9.17, 15) is 8.78 Å². The van der Waals surface area contributed by atoms with Crippen molar-refractivity contribution in [2.24, 2.45) is 0 Å². The highest BCUT2D eigenvalue weighted by atomic mass is 19.1. The van der Waals surface area contributed by atoms with Gasteiger partial charge in [-0.2, -0.15) is 0 Å². The summed E-state index contributed by atoms with van der Waals surface area (Å²) in [4.78, 5) is 2.10. The molecule has 0 radical (unpaired) electrons. The van der Waals surface area contributed by atoms with E-state index in [-0.39, 0.29) is 11.6 Å². The number of benzene rings is 2. The Morgan fingerprint density at radius 3 is 1.67 bits per heavy atom. The Bertz CT molecular complexity index is 551. The van der Waals surface area contributed by atoms with Crippen LogP contribution in [0.3, 0.4) is 0 Å². The van der Waals surface area contributed by atoms with Gasteiger partial charge in [0.15, 0.2) is 0 Å². The van der Waals surface area contributed by atoms with Crippen LogP contribution in [-0.2, 0) is 0 Å². The zero-order chi connectivity index (χ0) is 15.2. The van der Waals surface area contributed by atoms with Gasteiger partial charge in [0.25, 0.3) is 0 Å². The number of rotatable bonds is 5. The minimum Gasteiger partial charge on any atom is -0.309 e. The lowest BCUT2D eigenvalue weighted by molar-refractivity contribution is 0.417. The minimum atomic E-state index is -0.259. The van der Waals surface area contributed by atoms with Gasteiger partial charge in [-0.15, -0.1) is 0 Å². The van der Waals surface area contributed by atoms with E-state index in [1.165, 1.54) is 24.3 Å². The first kappa shape index (κ1) is 15.4. The maximum atomic E-state index is 13.1. The first-order valence-corrected chi connectivity index (χ1v) is 6.93. The summed E-state index contributed by atoms with van der Waals surface area (Å²) in [5, 5.41) is 0. The van der Waals surface area contributed by atoms with Crippen molar-refractivity contribution in [2.75, 3.05) is 20.6 Å². The van der Waals surface area contributed by atoms with E-state index < -0.39 is 0 Å². The Hall–Kier alpha value is -2.00. The molecule has 1 nitrogen and oxygen atoms in total. The van der Waals surface area contributed by atoms with Gasteiger partial charge in [-0.3, -0.25) is 0 Å². The van der Waals surface area contributed by atoms with Gasteiger partial charge in [0.1, 0.15) is 11.6 Å². The number of hydrogen-bond acceptors (Lipinski definition) is 1. The fourth-order valence-corrected chi connectivity index (χ4v) is 2.13. The summed E-state index contributed by atoms with van der Waals surface area (Å²) < 4.78 is 26.2. The molecule has 0 unspecified atom stereocenters. The molecule has 0 atom stereocenters. The predicted molar refractivity (Wildman–Crippen MR) is 83.1 cm³/mol. The third kappa shape index (κ3) is 4.50. The van der Waals surface area contributed by atoms with Crippen molar-refractivity contribution in [3.05, 3.63) is 77.4 Å². The molecule has 2 rings (SSSR count). The van der Waals surface area contributed by atoms with Crippen molar-refractivity contribution in [2.45, 2.75) is 6.42 Å². The highest BCUT2D eigenvalue weighted by Crippen LogP contribution is 2.24. The molecule has 0 aliphatic heterocycles. The average molecular weight is 287 g/mol. The smallest absolute Gasteiger partial charge is 0.123 e. The molecule has 2 aromatic carbocycles. The molecule has 0 aromatic heterocycles. The van der Waals surface area contributed by atoms with Gasteiger partial charge in [-0.05, 0) is 61.5 Å². The topological polar surface area (TPSA) is 3.24 Å². The summed E-state index contributed by atoms with van der Waals surface area (Å²) >= 11 is 0. The first-order chi connectivity index (χ1) is 10.1. The van der Waals surface area contributed by atoms with E-state index in [2.05, 4.69) is 11.0 Å². The van der Waals surface area contributed by atoms with Crippen molar-refractivity contribution >= 4 is 5.57 Å². The van der Waals surface area contributed by atoms with Gasteiger partial charge >= 0.3 is 0 Å². The molecule has 0 N–H and O–H groups in total. The molecular weight excluding hydrogens is 268 g/mol. The third-order valence-electron chi connectivity index (χ3n) is 3.24. The monoisotopic (exact) mass is 287 g/mol. The van der Waals surface area contributed by atoms with Crippen LogP contribution in [0.4, 0.5) is 8.78 Å². The van der Waals surface area contributed by atoms with Gasteiger partial charge in [-0.1, -0.05) is 30.3 Å². The largest absolute Gasteiger partial charge is 0.309 e. The van der Waals surface area contributed by atoms with Crippen LogP contribution >= 0.6 is 0 Å². The molecule has 0 spiro atoms. The lowest BCUT2D eigenvalue weighted by Gasteiger charge is -2.11. The van der Waals surface area contributed by atoms with E-state index in [4.69, 9.17) is 0 Å². The van der Waals surface area contributed by atoms with E-state index in [1.54, 1.807) is 24.3 Å². The fraction of sp³-hybridized carbons (Fsp3) is 0.222. The van der Waals surface area contributed by atoms with Crippen molar-refractivity contribution in [1.82, 2.24) is 4.90 Å². The molecule has 0 aliphatic rings. The molecule has 0 saturated carbocycles. The van der Waals surface area contributed by atoms with Crippen molar-refractivity contribution in [3.8, 4) is 0 Å². The summed E-state index contributed by atoms with van der Waals surface area (Å²) in [6.07, 6.45) is 2.98. The van der Waals surface area contributed by atoms with E-state index in [1.807, 2.05) is 14.1 Å². The van der Waals surface area contributed by atoms with E-state index >= 15 is 0 Å². The second-order valence-corrected chi connectivity index (χ2v) is 5.22.